The Hall–Kier alpha value is -2.94. The number of amides is 2. The van der Waals surface area contributed by atoms with Crippen molar-refractivity contribution in [3.8, 4) is 0 Å². The van der Waals surface area contributed by atoms with Gasteiger partial charge in [0.2, 0.25) is 0 Å². The van der Waals surface area contributed by atoms with E-state index in [-0.39, 0.29) is 24.9 Å². The predicted octanol–water partition coefficient (Wildman–Crippen LogP) is 4.33. The Labute approximate surface area is 180 Å². The first-order valence-electron chi connectivity index (χ1n) is 9.63. The van der Waals surface area contributed by atoms with E-state index in [0.717, 1.165) is 0 Å². The van der Waals surface area contributed by atoms with Crippen LogP contribution in [-0.2, 0) is 16.0 Å². The highest BCUT2D eigenvalue weighted by molar-refractivity contribution is 7.09. The van der Waals surface area contributed by atoms with Gasteiger partial charge in [-0.05, 0) is 58.9 Å². The number of nitrogens with one attached hydrogen (secondary N) is 1. The van der Waals surface area contributed by atoms with Gasteiger partial charge in [0.05, 0.1) is 25.3 Å². The zero-order chi connectivity index (χ0) is 22.3. The van der Waals surface area contributed by atoms with Gasteiger partial charge in [-0.1, -0.05) is 0 Å². The number of anilines is 1. The van der Waals surface area contributed by atoms with Gasteiger partial charge >= 0.3 is 18.0 Å². The van der Waals surface area contributed by atoms with Gasteiger partial charge in [-0.25, -0.2) is 19.4 Å². The van der Waals surface area contributed by atoms with Crippen LogP contribution in [0.4, 0.5) is 10.5 Å². The molecule has 1 aromatic heterocycles. The molecule has 0 aliphatic carbocycles. The van der Waals surface area contributed by atoms with Crippen LogP contribution in [0, 0.1) is 0 Å². The Morgan fingerprint density at radius 1 is 1.03 bits per heavy atom. The summed E-state index contributed by atoms with van der Waals surface area (Å²) in [5, 5.41) is 5.09. The number of hydrogen-bond donors (Lipinski definition) is 1. The van der Waals surface area contributed by atoms with Crippen LogP contribution in [0.15, 0.2) is 29.6 Å². The first-order chi connectivity index (χ1) is 14.2. The average Bonchev–Trinajstić information content (AvgIpc) is 3.15. The molecule has 0 unspecified atom stereocenters. The fraction of sp³-hybridized carbons (Fsp3) is 0.429. The predicted molar refractivity (Wildman–Crippen MR) is 115 cm³/mol. The highest BCUT2D eigenvalue weighted by Gasteiger charge is 2.28. The summed E-state index contributed by atoms with van der Waals surface area (Å²) < 4.78 is 9.92. The maximum absolute atomic E-state index is 12.9. The van der Waals surface area contributed by atoms with Crippen molar-refractivity contribution in [3.63, 3.8) is 0 Å². The van der Waals surface area contributed by atoms with Gasteiger partial charge < -0.3 is 19.7 Å². The first-order valence-corrected chi connectivity index (χ1v) is 10.5. The van der Waals surface area contributed by atoms with E-state index in [9.17, 15) is 14.4 Å². The molecule has 8 nitrogen and oxygen atoms in total. The van der Waals surface area contributed by atoms with E-state index in [1.807, 2.05) is 20.8 Å². The van der Waals surface area contributed by atoms with Crippen molar-refractivity contribution in [3.05, 3.63) is 45.9 Å². The average molecular weight is 434 g/mol. The van der Waals surface area contributed by atoms with Crippen molar-refractivity contribution < 1.29 is 23.9 Å². The van der Waals surface area contributed by atoms with Gasteiger partial charge in [0.25, 0.3) is 0 Å². The van der Waals surface area contributed by atoms with Crippen LogP contribution in [0.1, 0.15) is 60.5 Å². The fourth-order valence-corrected chi connectivity index (χ4v) is 3.28. The molecule has 0 spiro atoms. The Kier molecular flexibility index (Phi) is 7.93. The second-order valence-electron chi connectivity index (χ2n) is 7.33. The van der Waals surface area contributed by atoms with E-state index >= 15 is 0 Å². The maximum Gasteiger partial charge on any atom is 0.357 e. The van der Waals surface area contributed by atoms with Crippen molar-refractivity contribution >= 4 is 35.0 Å². The number of nitrogens with zero attached hydrogens (tertiary/aromatic N) is 2. The summed E-state index contributed by atoms with van der Waals surface area (Å²) in [7, 11) is 0. The van der Waals surface area contributed by atoms with Crippen molar-refractivity contribution in [2.45, 2.75) is 46.7 Å². The molecule has 2 rings (SSSR count). The van der Waals surface area contributed by atoms with E-state index in [0.29, 0.717) is 22.9 Å². The number of aromatic nitrogens is 1. The van der Waals surface area contributed by atoms with E-state index in [4.69, 9.17) is 9.47 Å². The summed E-state index contributed by atoms with van der Waals surface area (Å²) in [5.74, 6) is -0.888. The van der Waals surface area contributed by atoms with Gasteiger partial charge in [-0.15, -0.1) is 11.3 Å². The van der Waals surface area contributed by atoms with Gasteiger partial charge in [-0.3, -0.25) is 0 Å². The zero-order valence-corrected chi connectivity index (χ0v) is 18.7. The number of carbonyl (C=O) groups is 3. The highest BCUT2D eigenvalue weighted by atomic mass is 32.1. The van der Waals surface area contributed by atoms with Crippen LogP contribution in [-0.4, -0.2) is 46.6 Å². The summed E-state index contributed by atoms with van der Waals surface area (Å²) in [6.07, 6.45) is 0. The number of urea groups is 1. The molecule has 0 aliphatic heterocycles. The molecule has 1 N–H and O–H groups in total. The number of carbonyl (C=O) groups excluding carboxylic acids is 3. The summed E-state index contributed by atoms with van der Waals surface area (Å²) in [6, 6.07) is 6.17. The van der Waals surface area contributed by atoms with Gasteiger partial charge in [0.15, 0.2) is 5.69 Å². The van der Waals surface area contributed by atoms with Crippen LogP contribution >= 0.6 is 11.3 Å². The standard InChI is InChI=1S/C21H27N3O5S/c1-6-28-18(25)14-8-10-15(11-9-14)22-20(27)24(21(3,4)5)12-17-23-16(13-30-17)19(26)29-7-2/h8-11,13H,6-7,12H2,1-5H3,(H,22,27). The third-order valence-corrected chi connectivity index (χ3v) is 4.87. The molecule has 0 saturated carbocycles. The van der Waals surface area contributed by atoms with Crippen molar-refractivity contribution in [2.75, 3.05) is 18.5 Å². The Balaban J connectivity index is 2.11. The smallest absolute Gasteiger partial charge is 0.357 e. The highest BCUT2D eigenvalue weighted by Crippen LogP contribution is 2.22. The summed E-state index contributed by atoms with van der Waals surface area (Å²) in [5.41, 5.74) is 0.705. The van der Waals surface area contributed by atoms with E-state index in [1.54, 1.807) is 48.4 Å². The SMILES string of the molecule is CCOC(=O)c1ccc(NC(=O)N(Cc2nc(C(=O)OCC)cs2)C(C)(C)C)cc1. The third kappa shape index (κ3) is 6.28. The molecule has 1 aromatic carbocycles. The molecule has 0 aliphatic rings. The minimum Gasteiger partial charge on any atom is -0.462 e. The van der Waals surface area contributed by atoms with Crippen LogP contribution < -0.4 is 5.32 Å². The normalized spacial score (nSPS) is 11.0. The number of benzene rings is 1. The lowest BCUT2D eigenvalue weighted by molar-refractivity contribution is 0.0513. The zero-order valence-electron chi connectivity index (χ0n) is 17.9. The molecule has 30 heavy (non-hydrogen) atoms. The molecule has 0 radical (unpaired) electrons. The topological polar surface area (TPSA) is 97.8 Å². The van der Waals surface area contributed by atoms with E-state index in [2.05, 4.69) is 10.3 Å². The molecule has 2 amide bonds. The fourth-order valence-electron chi connectivity index (χ4n) is 2.53. The molecule has 0 bridgehead atoms. The molecule has 0 saturated heterocycles. The van der Waals surface area contributed by atoms with Crippen molar-refractivity contribution in [1.82, 2.24) is 9.88 Å². The Morgan fingerprint density at radius 2 is 1.63 bits per heavy atom. The summed E-state index contributed by atoms with van der Waals surface area (Å²) >= 11 is 1.30. The van der Waals surface area contributed by atoms with E-state index in [1.165, 1.54) is 11.3 Å². The lowest BCUT2D eigenvalue weighted by atomic mass is 10.1. The molecule has 0 atom stereocenters. The number of hydrogen-bond acceptors (Lipinski definition) is 7. The monoisotopic (exact) mass is 433 g/mol. The van der Waals surface area contributed by atoms with Gasteiger partial charge in [-0.2, -0.15) is 0 Å². The minimum absolute atomic E-state index is 0.236. The Morgan fingerprint density at radius 3 is 2.20 bits per heavy atom. The molecule has 9 heteroatoms. The van der Waals surface area contributed by atoms with Crippen LogP contribution in [0.2, 0.25) is 0 Å². The Bertz CT molecular complexity index is 887. The number of thiazole rings is 1. The first kappa shape index (κ1) is 23.3. The lowest BCUT2D eigenvalue weighted by Gasteiger charge is -2.35. The largest absolute Gasteiger partial charge is 0.462 e. The lowest BCUT2D eigenvalue weighted by Crippen LogP contribution is -2.47. The van der Waals surface area contributed by atoms with Crippen LogP contribution in [0.25, 0.3) is 0 Å². The summed E-state index contributed by atoms with van der Waals surface area (Å²) in [4.78, 5) is 42.4. The second-order valence-corrected chi connectivity index (χ2v) is 8.27. The van der Waals surface area contributed by atoms with Crippen LogP contribution in [0.5, 0.6) is 0 Å². The summed E-state index contributed by atoms with van der Waals surface area (Å²) in [6.45, 7) is 10.0. The molecule has 162 valence electrons. The number of ether oxygens (including phenoxy) is 2. The second kappa shape index (κ2) is 10.2. The molecule has 2 aromatic rings. The van der Waals surface area contributed by atoms with Gasteiger partial charge in [0, 0.05) is 16.6 Å². The van der Waals surface area contributed by atoms with E-state index < -0.39 is 17.5 Å². The number of esters is 2. The van der Waals surface area contributed by atoms with Crippen molar-refractivity contribution in [2.24, 2.45) is 0 Å². The quantitative estimate of drug-likeness (QED) is 0.653. The van der Waals surface area contributed by atoms with Gasteiger partial charge in [0.1, 0.15) is 5.01 Å². The molecular weight excluding hydrogens is 406 g/mol. The number of rotatable bonds is 7. The third-order valence-electron chi connectivity index (χ3n) is 4.03. The molecular formula is C21H27N3O5S. The van der Waals surface area contributed by atoms with Crippen molar-refractivity contribution in [1.29, 1.82) is 0 Å². The minimum atomic E-state index is -0.495. The molecule has 1 heterocycles. The molecule has 0 fully saturated rings. The van der Waals surface area contributed by atoms with Crippen LogP contribution in [0.3, 0.4) is 0 Å². The maximum atomic E-state index is 12.9.